The van der Waals surface area contributed by atoms with E-state index in [-0.39, 0.29) is 48.8 Å². The monoisotopic (exact) mass is 748 g/mol. The molecule has 4 aromatic rings. The number of carbonyl (C=O) groups is 4. The van der Waals surface area contributed by atoms with E-state index >= 15 is 0 Å². The molecule has 2 aliphatic rings. The summed E-state index contributed by atoms with van der Waals surface area (Å²) in [7, 11) is 0. The zero-order valence-electron chi connectivity index (χ0n) is 32.3. The Morgan fingerprint density at radius 1 is 0.927 bits per heavy atom. The van der Waals surface area contributed by atoms with E-state index in [4.69, 9.17) is 9.84 Å². The van der Waals surface area contributed by atoms with Gasteiger partial charge in [0.25, 0.3) is 11.8 Å². The zero-order valence-corrected chi connectivity index (χ0v) is 32.3. The van der Waals surface area contributed by atoms with Crippen LogP contribution in [-0.2, 0) is 22.6 Å². The third-order valence-corrected chi connectivity index (χ3v) is 10.5. The van der Waals surface area contributed by atoms with Gasteiger partial charge < -0.3 is 29.9 Å². The molecule has 1 saturated heterocycles. The third kappa shape index (κ3) is 8.75. The van der Waals surface area contributed by atoms with E-state index < -0.39 is 12.0 Å². The van der Waals surface area contributed by atoms with Crippen molar-refractivity contribution in [1.29, 1.82) is 0 Å². The van der Waals surface area contributed by atoms with Gasteiger partial charge in [0.05, 0.1) is 36.4 Å². The largest absolute Gasteiger partial charge is 0.494 e. The molecule has 1 fully saturated rings. The lowest BCUT2D eigenvalue weighted by Gasteiger charge is -2.36. The molecule has 55 heavy (non-hydrogen) atoms. The summed E-state index contributed by atoms with van der Waals surface area (Å²) in [5.74, 6) is -0.893. The van der Waals surface area contributed by atoms with Gasteiger partial charge in [0.2, 0.25) is 11.8 Å². The lowest BCUT2D eigenvalue weighted by molar-refractivity contribution is -0.122. The molecule has 2 N–H and O–H groups in total. The van der Waals surface area contributed by atoms with Crippen LogP contribution in [0.2, 0.25) is 0 Å². The van der Waals surface area contributed by atoms with E-state index in [2.05, 4.69) is 19.2 Å². The number of hydrogen-bond acceptors (Lipinski definition) is 7. The van der Waals surface area contributed by atoms with Gasteiger partial charge in [-0.1, -0.05) is 51.0 Å². The van der Waals surface area contributed by atoms with Crippen molar-refractivity contribution in [2.45, 2.75) is 78.8 Å². The molecule has 12 heteroatoms. The first-order valence-electron chi connectivity index (χ1n) is 19.5. The van der Waals surface area contributed by atoms with Gasteiger partial charge in [-0.25, -0.2) is 4.68 Å². The van der Waals surface area contributed by atoms with E-state index in [9.17, 15) is 24.3 Å². The fourth-order valence-electron chi connectivity index (χ4n) is 7.38. The minimum atomic E-state index is -0.611. The molecule has 1 aromatic heterocycles. The Bertz CT molecular complexity index is 2000. The Morgan fingerprint density at radius 2 is 1.64 bits per heavy atom. The van der Waals surface area contributed by atoms with Crippen LogP contribution in [0.5, 0.6) is 5.75 Å². The molecule has 290 valence electrons. The van der Waals surface area contributed by atoms with Crippen molar-refractivity contribution in [3.8, 4) is 11.4 Å². The highest BCUT2D eigenvalue weighted by molar-refractivity contribution is 6.05. The highest BCUT2D eigenvalue weighted by Crippen LogP contribution is 2.31. The average Bonchev–Trinajstić information content (AvgIpc) is 3.79. The predicted octanol–water partition coefficient (Wildman–Crippen LogP) is 6.17. The van der Waals surface area contributed by atoms with Gasteiger partial charge in [0, 0.05) is 49.7 Å². The van der Waals surface area contributed by atoms with Crippen molar-refractivity contribution >= 4 is 35.0 Å². The van der Waals surface area contributed by atoms with Crippen LogP contribution in [0.3, 0.4) is 0 Å². The zero-order chi connectivity index (χ0) is 39.1. The Kier molecular flexibility index (Phi) is 12.7. The number of rotatable bonds is 15. The third-order valence-electron chi connectivity index (χ3n) is 10.5. The molecule has 0 saturated carbocycles. The molecule has 2 aliphatic heterocycles. The second kappa shape index (κ2) is 17.8. The average molecular weight is 749 g/mol. The summed E-state index contributed by atoms with van der Waals surface area (Å²) >= 11 is 0. The standard InChI is InChI=1S/C43H52N6O6/c1-5-8-20-46(21-9-6-2)43(54)38-22-29(4)49(45-38)39-19-14-33(25-37(39)42(53)48-26-31-13-11-10-12-30(31)23-35(48)28-50)44-41(52)32-24-40(51)47(27-32)34-15-17-36(18-16-34)55-7-3/h10-19,22,25,32,35,50H,5-9,20-21,23-24,26-28H2,1-4H3,(H,44,52)/t32?,35-/m0/s1. The summed E-state index contributed by atoms with van der Waals surface area (Å²) in [6.07, 6.45) is 4.25. The number of unbranched alkanes of at least 4 members (excludes halogenated alkanes) is 2. The lowest BCUT2D eigenvalue weighted by atomic mass is 9.93. The quantitative estimate of drug-likeness (QED) is 0.148. The van der Waals surface area contributed by atoms with Crippen molar-refractivity contribution in [3.63, 3.8) is 0 Å². The first-order valence-corrected chi connectivity index (χ1v) is 19.5. The van der Waals surface area contributed by atoms with Crippen molar-refractivity contribution in [2.75, 3.05) is 43.1 Å². The fraction of sp³-hybridized carbons (Fsp3) is 0.419. The molecule has 0 bridgehead atoms. The maximum absolute atomic E-state index is 14.7. The summed E-state index contributed by atoms with van der Waals surface area (Å²) in [4.78, 5) is 60.3. The summed E-state index contributed by atoms with van der Waals surface area (Å²) in [5, 5.41) is 18.2. The number of aliphatic hydroxyl groups excluding tert-OH is 1. The second-order valence-corrected chi connectivity index (χ2v) is 14.4. The smallest absolute Gasteiger partial charge is 0.274 e. The number of aromatic nitrogens is 2. The van der Waals surface area contributed by atoms with Crippen LogP contribution >= 0.6 is 0 Å². The number of fused-ring (bicyclic) bond motifs is 1. The van der Waals surface area contributed by atoms with E-state index in [0.29, 0.717) is 66.9 Å². The minimum Gasteiger partial charge on any atom is -0.494 e. The second-order valence-electron chi connectivity index (χ2n) is 14.4. The van der Waals surface area contributed by atoms with Crippen molar-refractivity contribution in [2.24, 2.45) is 5.92 Å². The predicted molar refractivity (Wildman–Crippen MR) is 212 cm³/mol. The van der Waals surface area contributed by atoms with Crippen molar-refractivity contribution < 1.29 is 29.0 Å². The number of nitrogens with zero attached hydrogens (tertiary/aromatic N) is 5. The van der Waals surface area contributed by atoms with Gasteiger partial charge >= 0.3 is 0 Å². The first-order chi connectivity index (χ1) is 26.6. The molecule has 6 rings (SSSR count). The number of aryl methyl sites for hydroxylation is 1. The summed E-state index contributed by atoms with van der Waals surface area (Å²) < 4.78 is 7.14. The SMILES string of the molecule is CCCCN(CCCC)C(=O)c1cc(C)n(-c2ccc(NC(=O)C3CC(=O)N(c4ccc(OCC)cc4)C3)cc2C(=O)N2Cc3ccccc3C[C@H]2CO)n1. The summed E-state index contributed by atoms with van der Waals surface area (Å²) in [6.45, 7) is 10.0. The van der Waals surface area contributed by atoms with Crippen molar-refractivity contribution in [3.05, 3.63) is 101 Å². The number of hydrogen-bond donors (Lipinski definition) is 2. The lowest BCUT2D eigenvalue weighted by Crippen LogP contribution is -2.46. The van der Waals surface area contributed by atoms with Crippen LogP contribution < -0.4 is 15.0 Å². The number of carbonyl (C=O) groups excluding carboxylic acids is 4. The maximum atomic E-state index is 14.7. The van der Waals surface area contributed by atoms with Gasteiger partial charge in [-0.05, 0) is 92.8 Å². The summed E-state index contributed by atoms with van der Waals surface area (Å²) in [5.41, 5.74) is 4.82. The van der Waals surface area contributed by atoms with Gasteiger partial charge in [-0.15, -0.1) is 0 Å². The molecule has 1 unspecified atom stereocenters. The van der Waals surface area contributed by atoms with Gasteiger partial charge in [-0.3, -0.25) is 19.2 Å². The molecule has 0 spiro atoms. The molecule has 3 heterocycles. The molecule has 0 radical (unpaired) electrons. The number of nitrogens with one attached hydrogen (secondary N) is 1. The Labute approximate surface area is 323 Å². The summed E-state index contributed by atoms with van der Waals surface area (Å²) in [6, 6.07) is 21.4. The Morgan fingerprint density at radius 3 is 2.31 bits per heavy atom. The van der Waals surface area contributed by atoms with Gasteiger partial charge in [-0.2, -0.15) is 5.10 Å². The minimum absolute atomic E-state index is 0.0467. The molecule has 12 nitrogen and oxygen atoms in total. The Balaban J connectivity index is 1.31. The van der Waals surface area contributed by atoms with Crippen LogP contribution in [0.25, 0.3) is 5.69 Å². The van der Waals surface area contributed by atoms with E-state index in [1.54, 1.807) is 50.9 Å². The van der Waals surface area contributed by atoms with Crippen LogP contribution in [-0.4, -0.2) is 87.2 Å². The molecule has 3 aromatic carbocycles. The van der Waals surface area contributed by atoms with E-state index in [1.807, 2.05) is 55.1 Å². The molecular formula is C43H52N6O6. The molecule has 2 atom stereocenters. The number of amides is 4. The number of anilines is 2. The van der Waals surface area contributed by atoms with Gasteiger partial charge in [0.1, 0.15) is 5.75 Å². The number of benzene rings is 3. The highest BCUT2D eigenvalue weighted by Gasteiger charge is 2.36. The first kappa shape index (κ1) is 39.2. The van der Waals surface area contributed by atoms with Crippen LogP contribution in [0.15, 0.2) is 72.8 Å². The Hall–Kier alpha value is -5.49. The topological polar surface area (TPSA) is 137 Å². The maximum Gasteiger partial charge on any atom is 0.274 e. The fourth-order valence-corrected chi connectivity index (χ4v) is 7.38. The molecular weight excluding hydrogens is 697 g/mol. The van der Waals surface area contributed by atoms with Gasteiger partial charge in [0.15, 0.2) is 5.69 Å². The van der Waals surface area contributed by atoms with E-state index in [0.717, 1.165) is 36.8 Å². The highest BCUT2D eigenvalue weighted by atomic mass is 16.5. The molecule has 0 aliphatic carbocycles. The normalized spacial score (nSPS) is 16.6. The number of ether oxygens (including phenoxy) is 1. The van der Waals surface area contributed by atoms with E-state index in [1.165, 1.54) is 0 Å². The van der Waals surface area contributed by atoms with Crippen LogP contribution in [0.1, 0.15) is 90.5 Å². The van der Waals surface area contributed by atoms with Crippen molar-refractivity contribution in [1.82, 2.24) is 19.6 Å². The number of aliphatic hydroxyl groups is 1. The van der Waals surface area contributed by atoms with Crippen LogP contribution in [0.4, 0.5) is 11.4 Å². The molecule has 4 amide bonds. The van der Waals surface area contributed by atoms with Crippen LogP contribution in [0, 0.1) is 12.8 Å².